The van der Waals surface area contributed by atoms with Gasteiger partial charge in [0, 0.05) is 24.5 Å². The monoisotopic (exact) mass is 230 g/mol. The number of ketones is 1. The fourth-order valence-corrected chi connectivity index (χ4v) is 1.64. The van der Waals surface area contributed by atoms with E-state index in [9.17, 15) is 4.79 Å². The van der Waals surface area contributed by atoms with Crippen LogP contribution in [-0.4, -0.2) is 22.4 Å². The molecule has 0 fully saturated rings. The summed E-state index contributed by atoms with van der Waals surface area (Å²) >= 11 is 0. The smallest absolute Gasteiger partial charge is 0.228 e. The number of benzene rings is 1. The van der Waals surface area contributed by atoms with Gasteiger partial charge in [0.25, 0.3) is 0 Å². The van der Waals surface area contributed by atoms with E-state index in [2.05, 4.69) is 4.98 Å². The zero-order chi connectivity index (χ0) is 12.3. The summed E-state index contributed by atoms with van der Waals surface area (Å²) in [6.07, 6.45) is 3.44. The van der Waals surface area contributed by atoms with Crippen molar-refractivity contribution in [3.8, 4) is 5.75 Å². The predicted molar refractivity (Wildman–Crippen MR) is 64.3 cm³/mol. The van der Waals surface area contributed by atoms with Gasteiger partial charge in [-0.1, -0.05) is 0 Å². The van der Waals surface area contributed by atoms with E-state index in [0.717, 1.165) is 12.3 Å². The van der Waals surface area contributed by atoms with Gasteiger partial charge < -0.3 is 9.30 Å². The van der Waals surface area contributed by atoms with E-state index in [1.807, 2.05) is 11.5 Å². The Kier molecular flexibility index (Phi) is 3.23. The van der Waals surface area contributed by atoms with Gasteiger partial charge in [0.1, 0.15) is 5.75 Å². The lowest BCUT2D eigenvalue weighted by Gasteiger charge is -2.04. The van der Waals surface area contributed by atoms with Gasteiger partial charge in [-0.3, -0.25) is 4.79 Å². The van der Waals surface area contributed by atoms with Crippen LogP contribution in [0.15, 0.2) is 36.7 Å². The second-order valence-corrected chi connectivity index (χ2v) is 3.59. The first-order valence-corrected chi connectivity index (χ1v) is 5.46. The van der Waals surface area contributed by atoms with Crippen LogP contribution in [0.5, 0.6) is 5.75 Å². The van der Waals surface area contributed by atoms with Crippen molar-refractivity contribution in [2.75, 3.05) is 7.11 Å². The van der Waals surface area contributed by atoms with Crippen molar-refractivity contribution < 1.29 is 9.53 Å². The molecular formula is C13H14N2O2. The number of carbonyl (C=O) groups excluding carboxylic acids is 1. The largest absolute Gasteiger partial charge is 0.497 e. The number of hydrogen-bond donors (Lipinski definition) is 0. The molecule has 2 rings (SSSR count). The van der Waals surface area contributed by atoms with Gasteiger partial charge in [-0.25, -0.2) is 4.98 Å². The number of ether oxygens (including phenoxy) is 1. The molecule has 0 unspecified atom stereocenters. The van der Waals surface area contributed by atoms with Crippen LogP contribution < -0.4 is 4.74 Å². The van der Waals surface area contributed by atoms with E-state index < -0.39 is 0 Å². The Morgan fingerprint density at radius 2 is 2.06 bits per heavy atom. The maximum absolute atomic E-state index is 12.2. The minimum atomic E-state index is -0.0699. The van der Waals surface area contributed by atoms with Crippen LogP contribution in [0.25, 0.3) is 0 Å². The highest BCUT2D eigenvalue weighted by atomic mass is 16.5. The third-order valence-electron chi connectivity index (χ3n) is 2.61. The van der Waals surface area contributed by atoms with Gasteiger partial charge in [-0.15, -0.1) is 0 Å². The molecule has 88 valence electrons. The van der Waals surface area contributed by atoms with Gasteiger partial charge in [-0.05, 0) is 31.2 Å². The molecule has 2 aromatic rings. The summed E-state index contributed by atoms with van der Waals surface area (Å²) in [6.45, 7) is 2.71. The highest BCUT2D eigenvalue weighted by Gasteiger charge is 2.14. The molecule has 0 atom stereocenters. The molecule has 0 radical (unpaired) electrons. The Morgan fingerprint density at radius 1 is 1.35 bits per heavy atom. The Hall–Kier alpha value is -2.10. The van der Waals surface area contributed by atoms with Gasteiger partial charge in [0.2, 0.25) is 5.78 Å². The molecule has 1 heterocycles. The van der Waals surface area contributed by atoms with Crippen molar-refractivity contribution in [2.45, 2.75) is 13.5 Å². The Labute approximate surface area is 99.9 Å². The van der Waals surface area contributed by atoms with Gasteiger partial charge >= 0.3 is 0 Å². The lowest BCUT2D eigenvalue weighted by atomic mass is 10.1. The summed E-state index contributed by atoms with van der Waals surface area (Å²) in [7, 11) is 1.60. The topological polar surface area (TPSA) is 44.1 Å². The third-order valence-corrected chi connectivity index (χ3v) is 2.61. The van der Waals surface area contributed by atoms with Crippen LogP contribution in [0, 0.1) is 0 Å². The number of aryl methyl sites for hydroxylation is 1. The molecule has 0 amide bonds. The fraction of sp³-hybridized carbons (Fsp3) is 0.231. The van der Waals surface area contributed by atoms with Gasteiger partial charge in [0.05, 0.1) is 7.11 Å². The molecule has 17 heavy (non-hydrogen) atoms. The summed E-state index contributed by atoms with van der Waals surface area (Å²) in [5.41, 5.74) is 0.617. The Morgan fingerprint density at radius 3 is 2.65 bits per heavy atom. The molecular weight excluding hydrogens is 216 g/mol. The molecule has 1 aromatic heterocycles. The average Bonchev–Trinajstić information content (AvgIpc) is 2.86. The molecule has 0 aliphatic carbocycles. The summed E-state index contributed by atoms with van der Waals surface area (Å²) in [4.78, 5) is 16.3. The molecule has 0 spiro atoms. The van der Waals surface area contributed by atoms with Crippen LogP contribution in [0.2, 0.25) is 0 Å². The van der Waals surface area contributed by atoms with Crippen molar-refractivity contribution in [1.82, 2.24) is 9.55 Å². The number of methoxy groups -OCH3 is 1. The average molecular weight is 230 g/mol. The molecule has 0 saturated heterocycles. The molecule has 4 heteroatoms. The number of imidazole rings is 1. The SMILES string of the molecule is CCn1ccnc1C(=O)c1ccc(OC)cc1. The summed E-state index contributed by atoms with van der Waals surface area (Å²) in [6, 6.07) is 7.03. The first kappa shape index (κ1) is 11.4. The third kappa shape index (κ3) is 2.20. The lowest BCUT2D eigenvalue weighted by Crippen LogP contribution is -2.10. The number of rotatable bonds is 4. The number of carbonyl (C=O) groups is 1. The zero-order valence-electron chi connectivity index (χ0n) is 9.88. The minimum Gasteiger partial charge on any atom is -0.497 e. The van der Waals surface area contributed by atoms with Crippen LogP contribution in [0.1, 0.15) is 23.1 Å². The van der Waals surface area contributed by atoms with E-state index in [0.29, 0.717) is 11.4 Å². The van der Waals surface area contributed by atoms with Crippen molar-refractivity contribution in [3.63, 3.8) is 0 Å². The maximum Gasteiger partial charge on any atom is 0.228 e. The normalized spacial score (nSPS) is 10.2. The summed E-state index contributed by atoms with van der Waals surface area (Å²) < 4.78 is 6.88. The second kappa shape index (κ2) is 4.82. The van der Waals surface area contributed by atoms with Crippen LogP contribution in [-0.2, 0) is 6.54 Å². The molecule has 0 saturated carbocycles. The zero-order valence-corrected chi connectivity index (χ0v) is 9.88. The molecule has 0 bridgehead atoms. The predicted octanol–water partition coefficient (Wildman–Crippen LogP) is 2.14. The van der Waals surface area contributed by atoms with E-state index in [1.165, 1.54) is 0 Å². The molecule has 1 aromatic carbocycles. The van der Waals surface area contributed by atoms with Gasteiger partial charge in [0.15, 0.2) is 5.82 Å². The molecule has 0 aliphatic rings. The van der Waals surface area contributed by atoms with Crippen molar-refractivity contribution >= 4 is 5.78 Å². The minimum absolute atomic E-state index is 0.0699. The number of hydrogen-bond acceptors (Lipinski definition) is 3. The summed E-state index contributed by atoms with van der Waals surface area (Å²) in [5, 5.41) is 0. The van der Waals surface area contributed by atoms with Gasteiger partial charge in [-0.2, -0.15) is 0 Å². The lowest BCUT2D eigenvalue weighted by molar-refractivity contribution is 0.102. The Bertz CT molecular complexity index is 514. The van der Waals surface area contributed by atoms with E-state index in [4.69, 9.17) is 4.74 Å². The summed E-state index contributed by atoms with van der Waals surface area (Å²) in [5.74, 6) is 1.14. The molecule has 4 nitrogen and oxygen atoms in total. The fourth-order valence-electron chi connectivity index (χ4n) is 1.64. The highest BCUT2D eigenvalue weighted by molar-refractivity contribution is 6.06. The quantitative estimate of drug-likeness (QED) is 0.756. The van der Waals surface area contributed by atoms with Crippen LogP contribution in [0.3, 0.4) is 0 Å². The van der Waals surface area contributed by atoms with Crippen molar-refractivity contribution in [1.29, 1.82) is 0 Å². The second-order valence-electron chi connectivity index (χ2n) is 3.59. The molecule has 0 N–H and O–H groups in total. The van der Waals surface area contributed by atoms with Crippen LogP contribution in [0.4, 0.5) is 0 Å². The van der Waals surface area contributed by atoms with E-state index >= 15 is 0 Å². The number of nitrogens with zero attached hydrogens (tertiary/aromatic N) is 2. The first-order chi connectivity index (χ1) is 8.26. The van der Waals surface area contributed by atoms with E-state index in [1.54, 1.807) is 43.8 Å². The Balaban J connectivity index is 2.30. The van der Waals surface area contributed by atoms with E-state index in [-0.39, 0.29) is 5.78 Å². The number of aromatic nitrogens is 2. The first-order valence-electron chi connectivity index (χ1n) is 5.46. The maximum atomic E-state index is 12.2. The molecule has 0 aliphatic heterocycles. The highest BCUT2D eigenvalue weighted by Crippen LogP contribution is 2.14. The van der Waals surface area contributed by atoms with Crippen molar-refractivity contribution in [2.24, 2.45) is 0 Å². The standard InChI is InChI=1S/C13H14N2O2/c1-3-15-9-8-14-13(15)12(16)10-4-6-11(17-2)7-5-10/h4-9H,3H2,1-2H3. The van der Waals surface area contributed by atoms with Crippen molar-refractivity contribution in [3.05, 3.63) is 48.0 Å². The van der Waals surface area contributed by atoms with Crippen LogP contribution >= 0.6 is 0 Å².